The average molecular weight is 350 g/mol. The maximum absolute atomic E-state index is 5.78. The summed E-state index contributed by atoms with van der Waals surface area (Å²) in [6.07, 6.45) is 0.900. The molecule has 0 saturated carbocycles. The first-order valence-corrected chi connectivity index (χ1v) is 9.13. The summed E-state index contributed by atoms with van der Waals surface area (Å²) in [5.41, 5.74) is 12.6. The molecule has 0 unspecified atom stereocenters. The summed E-state index contributed by atoms with van der Waals surface area (Å²) in [5.74, 6) is 0. The molecular formula is C25H22N2. The van der Waals surface area contributed by atoms with Gasteiger partial charge in [-0.2, -0.15) is 0 Å². The van der Waals surface area contributed by atoms with Crippen LogP contribution in [0.1, 0.15) is 11.1 Å². The van der Waals surface area contributed by atoms with Gasteiger partial charge in [-0.1, -0.05) is 60.7 Å². The number of hydrogen-bond donors (Lipinski definition) is 1. The van der Waals surface area contributed by atoms with Crippen LogP contribution < -0.4 is 10.6 Å². The van der Waals surface area contributed by atoms with Gasteiger partial charge in [0.2, 0.25) is 0 Å². The van der Waals surface area contributed by atoms with E-state index in [0.29, 0.717) is 0 Å². The standard InChI is InChI=1S/C25H22N2/c26-22-15-11-20(12-16-22)19-21-13-17-25(18-14-21)27(23-7-3-1-4-8-23)24-9-5-2-6-10-24/h1-18H,19,26H2. The van der Waals surface area contributed by atoms with E-state index in [0.717, 1.165) is 29.2 Å². The van der Waals surface area contributed by atoms with E-state index in [4.69, 9.17) is 5.73 Å². The van der Waals surface area contributed by atoms with E-state index in [1.165, 1.54) is 11.1 Å². The molecule has 2 heteroatoms. The van der Waals surface area contributed by atoms with E-state index in [-0.39, 0.29) is 0 Å². The molecular weight excluding hydrogens is 328 g/mol. The molecule has 0 atom stereocenters. The summed E-state index contributed by atoms with van der Waals surface area (Å²) < 4.78 is 0. The summed E-state index contributed by atoms with van der Waals surface area (Å²) in [5, 5.41) is 0. The van der Waals surface area contributed by atoms with Gasteiger partial charge in [-0.3, -0.25) is 0 Å². The summed E-state index contributed by atoms with van der Waals surface area (Å²) in [6, 6.07) is 37.8. The molecule has 0 aliphatic carbocycles. The number of anilines is 4. The Balaban J connectivity index is 1.64. The normalized spacial score (nSPS) is 10.5. The second-order valence-electron chi connectivity index (χ2n) is 6.59. The van der Waals surface area contributed by atoms with Gasteiger partial charge >= 0.3 is 0 Å². The highest BCUT2D eigenvalue weighted by Gasteiger charge is 2.11. The summed E-state index contributed by atoms with van der Waals surface area (Å²) >= 11 is 0. The van der Waals surface area contributed by atoms with Crippen LogP contribution in [-0.2, 0) is 6.42 Å². The lowest BCUT2D eigenvalue weighted by Gasteiger charge is -2.25. The van der Waals surface area contributed by atoms with E-state index in [9.17, 15) is 0 Å². The molecule has 0 aliphatic heterocycles. The van der Waals surface area contributed by atoms with Crippen molar-refractivity contribution in [2.45, 2.75) is 6.42 Å². The number of nitrogens with zero attached hydrogens (tertiary/aromatic N) is 1. The van der Waals surface area contributed by atoms with Crippen LogP contribution in [0.4, 0.5) is 22.7 Å². The van der Waals surface area contributed by atoms with Crippen LogP contribution in [0.5, 0.6) is 0 Å². The van der Waals surface area contributed by atoms with E-state index < -0.39 is 0 Å². The van der Waals surface area contributed by atoms with Crippen LogP contribution in [0.2, 0.25) is 0 Å². The highest BCUT2D eigenvalue weighted by Crippen LogP contribution is 2.34. The molecule has 27 heavy (non-hydrogen) atoms. The topological polar surface area (TPSA) is 29.3 Å². The fourth-order valence-corrected chi connectivity index (χ4v) is 3.24. The van der Waals surface area contributed by atoms with Crippen molar-refractivity contribution in [1.82, 2.24) is 0 Å². The lowest BCUT2D eigenvalue weighted by atomic mass is 10.0. The molecule has 0 saturated heterocycles. The molecule has 0 bridgehead atoms. The third-order valence-electron chi connectivity index (χ3n) is 4.61. The quantitative estimate of drug-likeness (QED) is 0.426. The Morgan fingerprint density at radius 1 is 0.481 bits per heavy atom. The van der Waals surface area contributed by atoms with Crippen LogP contribution in [0, 0.1) is 0 Å². The van der Waals surface area contributed by atoms with Gasteiger partial charge in [-0.05, 0) is 66.1 Å². The Hall–Kier alpha value is -3.52. The van der Waals surface area contributed by atoms with Crippen LogP contribution in [0.3, 0.4) is 0 Å². The van der Waals surface area contributed by atoms with Crippen LogP contribution in [0.25, 0.3) is 0 Å². The van der Waals surface area contributed by atoms with Crippen LogP contribution in [0.15, 0.2) is 109 Å². The summed E-state index contributed by atoms with van der Waals surface area (Å²) in [7, 11) is 0. The van der Waals surface area contributed by atoms with Gasteiger partial charge in [0.15, 0.2) is 0 Å². The Morgan fingerprint density at radius 2 is 0.889 bits per heavy atom. The van der Waals surface area contributed by atoms with E-state index in [1.807, 2.05) is 24.3 Å². The summed E-state index contributed by atoms with van der Waals surface area (Å²) in [4.78, 5) is 2.27. The summed E-state index contributed by atoms with van der Waals surface area (Å²) in [6.45, 7) is 0. The van der Waals surface area contributed by atoms with E-state index in [2.05, 4.69) is 89.8 Å². The van der Waals surface area contributed by atoms with Gasteiger partial charge in [0.25, 0.3) is 0 Å². The molecule has 4 aromatic rings. The zero-order valence-electron chi connectivity index (χ0n) is 15.1. The Morgan fingerprint density at radius 3 is 1.37 bits per heavy atom. The van der Waals surface area contributed by atoms with Gasteiger partial charge in [0.1, 0.15) is 0 Å². The second kappa shape index (κ2) is 7.79. The molecule has 0 radical (unpaired) electrons. The van der Waals surface area contributed by atoms with Crippen molar-refractivity contribution >= 4 is 22.7 Å². The van der Waals surface area contributed by atoms with Gasteiger partial charge in [0.05, 0.1) is 0 Å². The van der Waals surface area contributed by atoms with Gasteiger partial charge in [-0.15, -0.1) is 0 Å². The number of rotatable bonds is 5. The molecule has 2 N–H and O–H groups in total. The minimum absolute atomic E-state index is 0.801. The lowest BCUT2D eigenvalue weighted by molar-refractivity contribution is 1.18. The Kier molecular flexibility index (Phi) is 4.88. The predicted molar refractivity (Wildman–Crippen MR) is 115 cm³/mol. The van der Waals surface area contributed by atoms with E-state index >= 15 is 0 Å². The van der Waals surface area contributed by atoms with Crippen molar-refractivity contribution in [2.75, 3.05) is 10.6 Å². The lowest BCUT2D eigenvalue weighted by Crippen LogP contribution is -2.09. The first-order valence-electron chi connectivity index (χ1n) is 9.13. The maximum Gasteiger partial charge on any atom is 0.0461 e. The zero-order chi connectivity index (χ0) is 18.5. The van der Waals surface area contributed by atoms with Crippen molar-refractivity contribution in [2.24, 2.45) is 0 Å². The number of para-hydroxylation sites is 2. The third kappa shape index (κ3) is 4.01. The fourth-order valence-electron chi connectivity index (χ4n) is 3.24. The molecule has 0 heterocycles. The number of benzene rings is 4. The van der Waals surface area contributed by atoms with Crippen LogP contribution in [-0.4, -0.2) is 0 Å². The van der Waals surface area contributed by atoms with Gasteiger partial charge in [0, 0.05) is 22.7 Å². The van der Waals surface area contributed by atoms with E-state index in [1.54, 1.807) is 0 Å². The maximum atomic E-state index is 5.78. The largest absolute Gasteiger partial charge is 0.399 e. The predicted octanol–water partition coefficient (Wildman–Crippen LogP) is 6.33. The molecule has 4 rings (SSSR count). The molecule has 0 aromatic heterocycles. The Bertz CT molecular complexity index is 936. The highest BCUT2D eigenvalue weighted by molar-refractivity contribution is 5.76. The van der Waals surface area contributed by atoms with Gasteiger partial charge in [-0.25, -0.2) is 0 Å². The highest BCUT2D eigenvalue weighted by atomic mass is 15.1. The average Bonchev–Trinajstić information content (AvgIpc) is 2.73. The fraction of sp³-hybridized carbons (Fsp3) is 0.0400. The molecule has 0 aliphatic rings. The first-order chi connectivity index (χ1) is 13.3. The number of hydrogen-bond acceptors (Lipinski definition) is 2. The molecule has 132 valence electrons. The molecule has 4 aromatic carbocycles. The minimum Gasteiger partial charge on any atom is -0.399 e. The molecule has 0 amide bonds. The van der Waals surface area contributed by atoms with Crippen LogP contribution >= 0.6 is 0 Å². The Labute approximate surface area is 160 Å². The smallest absolute Gasteiger partial charge is 0.0461 e. The van der Waals surface area contributed by atoms with Crippen molar-refractivity contribution < 1.29 is 0 Å². The SMILES string of the molecule is Nc1ccc(Cc2ccc(N(c3ccccc3)c3ccccc3)cc2)cc1. The van der Waals surface area contributed by atoms with Crippen molar-refractivity contribution in [3.63, 3.8) is 0 Å². The number of nitrogens with two attached hydrogens (primary N) is 1. The van der Waals surface area contributed by atoms with Crippen molar-refractivity contribution in [1.29, 1.82) is 0 Å². The number of nitrogen functional groups attached to an aromatic ring is 1. The monoisotopic (exact) mass is 350 g/mol. The zero-order valence-corrected chi connectivity index (χ0v) is 15.1. The second-order valence-corrected chi connectivity index (χ2v) is 6.59. The van der Waals surface area contributed by atoms with Crippen molar-refractivity contribution in [3.8, 4) is 0 Å². The first kappa shape index (κ1) is 16.9. The van der Waals surface area contributed by atoms with Crippen molar-refractivity contribution in [3.05, 3.63) is 120 Å². The third-order valence-corrected chi connectivity index (χ3v) is 4.61. The van der Waals surface area contributed by atoms with Gasteiger partial charge < -0.3 is 10.6 Å². The minimum atomic E-state index is 0.801. The molecule has 0 spiro atoms. The molecule has 2 nitrogen and oxygen atoms in total. The molecule has 0 fully saturated rings.